The third-order valence-electron chi connectivity index (χ3n) is 2.09. The van der Waals surface area contributed by atoms with Crippen molar-refractivity contribution >= 4 is 17.3 Å². The van der Waals surface area contributed by atoms with E-state index >= 15 is 0 Å². The number of nitriles is 1. The van der Waals surface area contributed by atoms with Crippen LogP contribution in [0.15, 0.2) is 18.2 Å². The van der Waals surface area contributed by atoms with Crippen molar-refractivity contribution in [2.45, 2.75) is 19.4 Å². The topological polar surface area (TPSA) is 105 Å². The number of amides is 1. The summed E-state index contributed by atoms with van der Waals surface area (Å²) in [5, 5.41) is 11.8. The Balaban J connectivity index is 2.80. The van der Waals surface area contributed by atoms with Gasteiger partial charge in [0, 0.05) is 12.5 Å². The summed E-state index contributed by atoms with van der Waals surface area (Å²) in [5.74, 6) is -0.380. The van der Waals surface area contributed by atoms with Crippen LogP contribution in [0.2, 0.25) is 0 Å². The molecule has 0 radical (unpaired) electrons. The molecule has 0 heterocycles. The normalized spacial score (nSPS) is 11.5. The Labute approximate surface area is 94.0 Å². The number of hydrogen-bond donors (Lipinski definition) is 3. The fourth-order valence-corrected chi connectivity index (χ4v) is 1.37. The average Bonchev–Trinajstić information content (AvgIpc) is 2.20. The van der Waals surface area contributed by atoms with Crippen LogP contribution in [0.5, 0.6) is 0 Å². The van der Waals surface area contributed by atoms with Crippen LogP contribution in [0.25, 0.3) is 0 Å². The summed E-state index contributed by atoms with van der Waals surface area (Å²) in [5.41, 5.74) is 12.5. The van der Waals surface area contributed by atoms with Crippen molar-refractivity contribution in [2.24, 2.45) is 5.73 Å². The van der Waals surface area contributed by atoms with Crippen LogP contribution < -0.4 is 16.8 Å². The zero-order valence-electron chi connectivity index (χ0n) is 9.03. The molecule has 1 unspecified atom stereocenters. The average molecular weight is 218 g/mol. The van der Waals surface area contributed by atoms with Crippen molar-refractivity contribution in [1.29, 1.82) is 5.26 Å². The first kappa shape index (κ1) is 11.9. The van der Waals surface area contributed by atoms with Crippen LogP contribution in [0.1, 0.15) is 18.9 Å². The second-order valence-electron chi connectivity index (χ2n) is 3.63. The Hall–Kier alpha value is -2.22. The molecule has 1 aromatic rings. The molecule has 0 bridgehead atoms. The van der Waals surface area contributed by atoms with Gasteiger partial charge in [0.15, 0.2) is 0 Å². The van der Waals surface area contributed by atoms with Gasteiger partial charge in [-0.15, -0.1) is 0 Å². The molecule has 5 heteroatoms. The Bertz CT molecular complexity index is 436. The first-order valence-corrected chi connectivity index (χ1v) is 4.87. The van der Waals surface area contributed by atoms with E-state index < -0.39 is 0 Å². The van der Waals surface area contributed by atoms with E-state index in [0.717, 1.165) is 0 Å². The van der Waals surface area contributed by atoms with Crippen molar-refractivity contribution in [3.8, 4) is 6.07 Å². The number of nitrogens with zero attached hydrogens (tertiary/aromatic N) is 1. The summed E-state index contributed by atoms with van der Waals surface area (Å²) in [7, 11) is 0. The highest BCUT2D eigenvalue weighted by molar-refractivity contribution is 5.75. The minimum atomic E-state index is -0.380. The molecule has 0 saturated heterocycles. The SMILES string of the molecule is CC(CC(N)=O)Nc1cc(C#N)ccc1N. The zero-order chi connectivity index (χ0) is 12.1. The maximum absolute atomic E-state index is 10.7. The van der Waals surface area contributed by atoms with E-state index in [2.05, 4.69) is 5.32 Å². The highest BCUT2D eigenvalue weighted by Gasteiger charge is 2.08. The largest absolute Gasteiger partial charge is 0.397 e. The summed E-state index contributed by atoms with van der Waals surface area (Å²) in [4.78, 5) is 10.7. The van der Waals surface area contributed by atoms with Crippen molar-refractivity contribution in [1.82, 2.24) is 0 Å². The zero-order valence-corrected chi connectivity index (χ0v) is 9.03. The maximum Gasteiger partial charge on any atom is 0.219 e. The van der Waals surface area contributed by atoms with Gasteiger partial charge in [0.25, 0.3) is 0 Å². The molecule has 84 valence electrons. The summed E-state index contributed by atoms with van der Waals surface area (Å²) < 4.78 is 0. The van der Waals surface area contributed by atoms with Crippen LogP contribution in [0, 0.1) is 11.3 Å². The molecule has 1 amide bonds. The number of nitrogen functional groups attached to an aromatic ring is 1. The standard InChI is InChI=1S/C11H14N4O/c1-7(4-11(14)16)15-10-5-8(6-12)2-3-9(10)13/h2-3,5,7,15H,4,13H2,1H3,(H2,14,16). The smallest absolute Gasteiger partial charge is 0.219 e. The van der Waals surface area contributed by atoms with E-state index in [4.69, 9.17) is 16.7 Å². The fraction of sp³-hybridized carbons (Fsp3) is 0.273. The molecular formula is C11H14N4O. The third-order valence-corrected chi connectivity index (χ3v) is 2.09. The fourth-order valence-electron chi connectivity index (χ4n) is 1.37. The second-order valence-corrected chi connectivity index (χ2v) is 3.63. The Morgan fingerprint density at radius 1 is 1.62 bits per heavy atom. The van der Waals surface area contributed by atoms with E-state index in [9.17, 15) is 4.79 Å². The van der Waals surface area contributed by atoms with Crippen molar-refractivity contribution in [2.75, 3.05) is 11.1 Å². The van der Waals surface area contributed by atoms with E-state index in [0.29, 0.717) is 16.9 Å². The molecule has 0 aliphatic carbocycles. The molecule has 0 spiro atoms. The number of primary amides is 1. The van der Waals surface area contributed by atoms with E-state index in [1.807, 2.05) is 13.0 Å². The van der Waals surface area contributed by atoms with Crippen LogP contribution in [0.3, 0.4) is 0 Å². The molecule has 0 aliphatic heterocycles. The molecule has 1 aromatic carbocycles. The minimum Gasteiger partial charge on any atom is -0.397 e. The molecule has 5 N–H and O–H groups in total. The van der Waals surface area contributed by atoms with Gasteiger partial charge in [-0.2, -0.15) is 5.26 Å². The molecular weight excluding hydrogens is 204 g/mol. The summed E-state index contributed by atoms with van der Waals surface area (Å²) >= 11 is 0. The lowest BCUT2D eigenvalue weighted by Crippen LogP contribution is -2.24. The highest BCUT2D eigenvalue weighted by Crippen LogP contribution is 2.20. The molecule has 5 nitrogen and oxygen atoms in total. The number of anilines is 2. The predicted octanol–water partition coefficient (Wildman–Crippen LogP) is 0.816. The Kier molecular flexibility index (Phi) is 3.72. The lowest BCUT2D eigenvalue weighted by molar-refractivity contribution is -0.118. The molecule has 1 atom stereocenters. The van der Waals surface area contributed by atoms with Crippen LogP contribution in [-0.2, 0) is 4.79 Å². The number of nitrogens with one attached hydrogen (secondary N) is 1. The lowest BCUT2D eigenvalue weighted by Gasteiger charge is -2.15. The monoisotopic (exact) mass is 218 g/mol. The minimum absolute atomic E-state index is 0.117. The molecule has 0 saturated carbocycles. The molecule has 16 heavy (non-hydrogen) atoms. The van der Waals surface area contributed by atoms with Crippen LogP contribution >= 0.6 is 0 Å². The summed E-state index contributed by atoms with van der Waals surface area (Å²) in [6.45, 7) is 1.82. The van der Waals surface area contributed by atoms with E-state index in [1.165, 1.54) is 0 Å². The van der Waals surface area contributed by atoms with E-state index in [-0.39, 0.29) is 18.4 Å². The maximum atomic E-state index is 10.7. The predicted molar refractivity (Wildman–Crippen MR) is 62.5 cm³/mol. The molecule has 0 aliphatic rings. The Morgan fingerprint density at radius 3 is 2.88 bits per heavy atom. The number of nitrogens with two attached hydrogens (primary N) is 2. The van der Waals surface area contributed by atoms with Gasteiger partial charge < -0.3 is 16.8 Å². The third kappa shape index (κ3) is 3.17. The van der Waals surface area contributed by atoms with Gasteiger partial charge in [0.05, 0.1) is 23.0 Å². The van der Waals surface area contributed by atoms with Crippen molar-refractivity contribution in [3.63, 3.8) is 0 Å². The quantitative estimate of drug-likeness (QED) is 0.650. The number of hydrogen-bond acceptors (Lipinski definition) is 4. The van der Waals surface area contributed by atoms with E-state index in [1.54, 1.807) is 18.2 Å². The summed E-state index contributed by atoms with van der Waals surface area (Å²) in [6, 6.07) is 6.84. The number of benzene rings is 1. The molecule has 0 aromatic heterocycles. The first-order valence-electron chi connectivity index (χ1n) is 4.87. The van der Waals surface area contributed by atoms with Crippen LogP contribution in [-0.4, -0.2) is 11.9 Å². The van der Waals surface area contributed by atoms with Gasteiger partial charge in [0.1, 0.15) is 0 Å². The van der Waals surface area contributed by atoms with Gasteiger partial charge >= 0.3 is 0 Å². The number of carbonyl (C=O) groups excluding carboxylic acids is 1. The Morgan fingerprint density at radius 2 is 2.31 bits per heavy atom. The summed E-state index contributed by atoms with van der Waals surface area (Å²) in [6.07, 6.45) is 0.218. The number of rotatable bonds is 4. The van der Waals surface area contributed by atoms with Gasteiger partial charge in [0.2, 0.25) is 5.91 Å². The van der Waals surface area contributed by atoms with Gasteiger partial charge in [-0.25, -0.2) is 0 Å². The van der Waals surface area contributed by atoms with Crippen LogP contribution in [0.4, 0.5) is 11.4 Å². The van der Waals surface area contributed by atoms with Gasteiger partial charge in [-0.3, -0.25) is 4.79 Å². The van der Waals surface area contributed by atoms with Crippen molar-refractivity contribution < 1.29 is 4.79 Å². The highest BCUT2D eigenvalue weighted by atomic mass is 16.1. The first-order chi connectivity index (χ1) is 7.52. The second kappa shape index (κ2) is 5.03. The lowest BCUT2D eigenvalue weighted by atomic mass is 10.1. The number of carbonyl (C=O) groups is 1. The molecule has 0 fully saturated rings. The molecule has 1 rings (SSSR count). The van der Waals surface area contributed by atoms with Gasteiger partial charge in [-0.1, -0.05) is 0 Å². The van der Waals surface area contributed by atoms with Gasteiger partial charge in [-0.05, 0) is 25.1 Å². The van der Waals surface area contributed by atoms with Crippen molar-refractivity contribution in [3.05, 3.63) is 23.8 Å².